The van der Waals surface area contributed by atoms with Gasteiger partial charge in [-0.25, -0.2) is 0 Å². The van der Waals surface area contributed by atoms with Crippen LogP contribution < -0.4 is 21.7 Å². The van der Waals surface area contributed by atoms with Crippen LogP contribution in [0, 0.1) is 0 Å². The number of hydrogen-bond donors (Lipinski definition) is 4. The fraction of sp³-hybridized carbons (Fsp3) is 0. The summed E-state index contributed by atoms with van der Waals surface area (Å²) >= 11 is 9.26. The van der Waals surface area contributed by atoms with E-state index in [4.69, 9.17) is 18.0 Å². The van der Waals surface area contributed by atoms with Crippen molar-refractivity contribution in [1.29, 1.82) is 0 Å². The van der Waals surface area contributed by atoms with Crippen molar-refractivity contribution in [3.8, 4) is 0 Å². The van der Waals surface area contributed by atoms with Crippen molar-refractivity contribution >= 4 is 35.5 Å². The Balaban J connectivity index is 2.26. The van der Waals surface area contributed by atoms with Crippen LogP contribution in [0.4, 0.5) is 5.69 Å². The van der Waals surface area contributed by atoms with E-state index in [1.165, 1.54) is 0 Å². The fourth-order valence-electron chi connectivity index (χ4n) is 1.17. The summed E-state index contributed by atoms with van der Waals surface area (Å²) in [7, 11) is 0. The molecule has 1 aromatic carbocycles. The van der Waals surface area contributed by atoms with Crippen molar-refractivity contribution in [2.75, 3.05) is 5.12 Å². The molecule has 0 aliphatic carbocycles. The standard InChI is InChI=1S/C9H10N4S2/c10-7-8(14)11-13(12-9(7)15)6-4-2-1-3-5-6/h1-5,11,14H,10H2,(H,12,15). The summed E-state index contributed by atoms with van der Waals surface area (Å²) < 4.78 is 0. The summed E-state index contributed by atoms with van der Waals surface area (Å²) in [6.45, 7) is 0. The van der Waals surface area contributed by atoms with Gasteiger partial charge in [-0.1, -0.05) is 30.4 Å². The highest BCUT2D eigenvalue weighted by atomic mass is 32.1. The molecule has 0 amide bonds. The number of nitrogens with zero attached hydrogens (tertiary/aromatic N) is 1. The highest BCUT2D eigenvalue weighted by Crippen LogP contribution is 2.15. The fourth-order valence-corrected chi connectivity index (χ4v) is 1.65. The molecule has 2 rings (SSSR count). The molecule has 1 aliphatic rings. The van der Waals surface area contributed by atoms with Crippen LogP contribution in [0.1, 0.15) is 0 Å². The lowest BCUT2D eigenvalue weighted by Crippen LogP contribution is -2.55. The average molecular weight is 238 g/mol. The number of nitrogens with two attached hydrogens (primary N) is 1. The highest BCUT2D eigenvalue weighted by molar-refractivity contribution is 7.85. The number of thiol groups is 1. The van der Waals surface area contributed by atoms with Crippen molar-refractivity contribution in [1.82, 2.24) is 10.9 Å². The average Bonchev–Trinajstić information content (AvgIpc) is 2.26. The molecule has 0 saturated carbocycles. The maximum absolute atomic E-state index is 5.67. The van der Waals surface area contributed by atoms with Crippen molar-refractivity contribution in [2.45, 2.75) is 0 Å². The second kappa shape index (κ2) is 4.00. The summed E-state index contributed by atoms with van der Waals surface area (Å²) in [5.41, 5.74) is 12.9. The van der Waals surface area contributed by atoms with Gasteiger partial charge in [0.2, 0.25) is 0 Å². The smallest absolute Gasteiger partial charge is 0.145 e. The van der Waals surface area contributed by atoms with Gasteiger partial charge in [-0.2, -0.15) is 5.12 Å². The highest BCUT2D eigenvalue weighted by Gasteiger charge is 2.17. The first-order chi connectivity index (χ1) is 7.18. The quantitative estimate of drug-likeness (QED) is 0.433. The Kier molecular flexibility index (Phi) is 2.70. The normalized spacial score (nSPS) is 16.1. The van der Waals surface area contributed by atoms with Crippen LogP contribution in [0.25, 0.3) is 0 Å². The Labute approximate surface area is 98.5 Å². The molecule has 1 heterocycles. The van der Waals surface area contributed by atoms with Gasteiger partial charge in [0.15, 0.2) is 0 Å². The second-order valence-electron chi connectivity index (χ2n) is 2.99. The molecule has 1 aliphatic heterocycles. The van der Waals surface area contributed by atoms with Gasteiger partial charge in [0.05, 0.1) is 11.4 Å². The molecule has 6 heteroatoms. The van der Waals surface area contributed by atoms with Crippen molar-refractivity contribution in [3.63, 3.8) is 0 Å². The molecule has 4 N–H and O–H groups in total. The maximum Gasteiger partial charge on any atom is 0.145 e. The zero-order valence-corrected chi connectivity index (χ0v) is 9.48. The lowest BCUT2D eigenvalue weighted by atomic mass is 10.3. The Morgan fingerprint density at radius 1 is 1.20 bits per heavy atom. The number of hydrazine groups is 2. The molecule has 0 bridgehead atoms. The van der Waals surface area contributed by atoms with Gasteiger partial charge in [0, 0.05) is 0 Å². The predicted octanol–water partition coefficient (Wildman–Crippen LogP) is 0.901. The zero-order valence-electron chi connectivity index (χ0n) is 7.77. The first kappa shape index (κ1) is 10.1. The Morgan fingerprint density at radius 2 is 1.87 bits per heavy atom. The number of rotatable bonds is 1. The lowest BCUT2D eigenvalue weighted by molar-refractivity contribution is 0.678. The van der Waals surface area contributed by atoms with Gasteiger partial charge in [0.25, 0.3) is 0 Å². The number of nitrogens with one attached hydrogen (secondary N) is 2. The van der Waals surface area contributed by atoms with Crippen LogP contribution in [0.3, 0.4) is 0 Å². The molecule has 0 spiro atoms. The summed E-state index contributed by atoms with van der Waals surface area (Å²) in [5, 5.41) is 2.21. The Morgan fingerprint density at radius 3 is 2.47 bits per heavy atom. The van der Waals surface area contributed by atoms with E-state index in [1.807, 2.05) is 30.3 Å². The Bertz CT molecular complexity index is 415. The second-order valence-corrected chi connectivity index (χ2v) is 3.84. The maximum atomic E-state index is 5.67. The van der Waals surface area contributed by atoms with Crippen LogP contribution in [0.5, 0.6) is 0 Å². The third-order valence-corrected chi connectivity index (χ3v) is 2.60. The summed E-state index contributed by atoms with van der Waals surface area (Å²) in [6.07, 6.45) is 0. The molecule has 0 aromatic heterocycles. The predicted molar refractivity (Wildman–Crippen MR) is 68.0 cm³/mol. The number of thiocarbonyl (C=S) groups is 1. The van der Waals surface area contributed by atoms with Crippen LogP contribution in [-0.4, -0.2) is 4.99 Å². The molecular formula is C9H10N4S2. The van der Waals surface area contributed by atoms with Gasteiger partial charge in [-0.15, -0.1) is 12.6 Å². The van der Waals surface area contributed by atoms with E-state index in [-0.39, 0.29) is 0 Å². The minimum Gasteiger partial charge on any atom is -0.394 e. The molecule has 0 atom stereocenters. The SMILES string of the molecule is NC1=C(S)NN(c2ccccc2)NC1=S. The van der Waals surface area contributed by atoms with E-state index in [2.05, 4.69) is 23.5 Å². The number of para-hydroxylation sites is 1. The third-order valence-electron chi connectivity index (χ3n) is 1.95. The lowest BCUT2D eigenvalue weighted by Gasteiger charge is -2.32. The van der Waals surface area contributed by atoms with Crippen LogP contribution >= 0.6 is 24.8 Å². The largest absolute Gasteiger partial charge is 0.394 e. The summed E-state index contributed by atoms with van der Waals surface area (Å²) in [6, 6.07) is 9.68. The summed E-state index contributed by atoms with van der Waals surface area (Å²) in [5.74, 6) is 0. The van der Waals surface area contributed by atoms with Crippen molar-refractivity contribution in [2.24, 2.45) is 5.73 Å². The van der Waals surface area contributed by atoms with E-state index < -0.39 is 0 Å². The number of hydrogen-bond acceptors (Lipinski definition) is 5. The van der Waals surface area contributed by atoms with Crippen molar-refractivity contribution in [3.05, 3.63) is 41.1 Å². The molecule has 4 nitrogen and oxygen atoms in total. The van der Waals surface area contributed by atoms with E-state index >= 15 is 0 Å². The first-order valence-corrected chi connectivity index (χ1v) is 5.15. The van der Waals surface area contributed by atoms with Gasteiger partial charge in [-0.05, 0) is 12.1 Å². The molecule has 0 unspecified atom stereocenters. The first-order valence-electron chi connectivity index (χ1n) is 4.30. The Hall–Kier alpha value is -1.40. The zero-order chi connectivity index (χ0) is 10.8. The number of anilines is 1. The van der Waals surface area contributed by atoms with Crippen molar-refractivity contribution < 1.29 is 0 Å². The van der Waals surface area contributed by atoms with Crippen LogP contribution in [0.2, 0.25) is 0 Å². The molecule has 78 valence electrons. The molecule has 0 saturated heterocycles. The monoisotopic (exact) mass is 238 g/mol. The molecule has 15 heavy (non-hydrogen) atoms. The molecular weight excluding hydrogens is 228 g/mol. The van der Waals surface area contributed by atoms with E-state index in [9.17, 15) is 0 Å². The molecule has 0 fully saturated rings. The van der Waals surface area contributed by atoms with Gasteiger partial charge >= 0.3 is 0 Å². The van der Waals surface area contributed by atoms with Gasteiger partial charge in [0.1, 0.15) is 10.0 Å². The molecule has 1 aromatic rings. The number of benzene rings is 1. The topological polar surface area (TPSA) is 53.3 Å². The summed E-state index contributed by atoms with van der Waals surface area (Å²) in [4.78, 5) is 0.461. The van der Waals surface area contributed by atoms with Crippen LogP contribution in [0.15, 0.2) is 41.1 Å². The van der Waals surface area contributed by atoms with E-state index in [0.29, 0.717) is 15.7 Å². The third kappa shape index (κ3) is 2.00. The minimum atomic E-state index is 0.445. The van der Waals surface area contributed by atoms with Crippen LogP contribution in [-0.2, 0) is 0 Å². The van der Waals surface area contributed by atoms with E-state index in [0.717, 1.165) is 5.69 Å². The van der Waals surface area contributed by atoms with Gasteiger partial charge in [-0.3, -0.25) is 10.9 Å². The van der Waals surface area contributed by atoms with E-state index in [1.54, 1.807) is 5.12 Å². The minimum absolute atomic E-state index is 0.445. The molecule has 0 radical (unpaired) electrons. The van der Waals surface area contributed by atoms with Gasteiger partial charge < -0.3 is 5.73 Å².